The number of ether oxygens (including phenoxy) is 1. The SMILES string of the molecule is C=CC1(O)CC(n2ncc(-c3onc(-c4ccccc4Cl)c3COC3CC3)c2C)C1. The Bertz CT molecular complexity index is 1090. The van der Waals surface area contributed by atoms with Crippen LogP contribution in [-0.4, -0.2) is 31.7 Å². The van der Waals surface area contributed by atoms with Gasteiger partial charge >= 0.3 is 0 Å². The number of hydrogen-bond donors (Lipinski definition) is 1. The van der Waals surface area contributed by atoms with E-state index in [1.165, 1.54) is 0 Å². The molecule has 30 heavy (non-hydrogen) atoms. The molecule has 7 heteroatoms. The number of nitrogens with zero attached hydrogens (tertiary/aromatic N) is 3. The van der Waals surface area contributed by atoms with Crippen molar-refractivity contribution in [2.75, 3.05) is 0 Å². The van der Waals surface area contributed by atoms with Gasteiger partial charge in [0.05, 0.1) is 46.7 Å². The lowest BCUT2D eigenvalue weighted by molar-refractivity contribution is -0.0288. The van der Waals surface area contributed by atoms with E-state index in [2.05, 4.69) is 16.8 Å². The first kappa shape index (κ1) is 19.5. The van der Waals surface area contributed by atoms with Crippen LogP contribution in [0.25, 0.3) is 22.6 Å². The van der Waals surface area contributed by atoms with E-state index in [1.807, 2.05) is 35.9 Å². The summed E-state index contributed by atoms with van der Waals surface area (Å²) >= 11 is 6.43. The van der Waals surface area contributed by atoms with Gasteiger partial charge in [0.25, 0.3) is 0 Å². The lowest BCUT2D eigenvalue weighted by Gasteiger charge is -2.41. The molecule has 0 saturated heterocycles. The third-order valence-electron chi connectivity index (χ3n) is 6.10. The molecule has 1 N–H and O–H groups in total. The van der Waals surface area contributed by atoms with E-state index in [-0.39, 0.29) is 6.04 Å². The highest BCUT2D eigenvalue weighted by Crippen LogP contribution is 2.44. The number of halogens is 1. The minimum Gasteiger partial charge on any atom is -0.386 e. The van der Waals surface area contributed by atoms with Gasteiger partial charge in [-0.2, -0.15) is 5.10 Å². The second-order valence-electron chi connectivity index (χ2n) is 8.29. The molecule has 0 amide bonds. The Labute approximate surface area is 180 Å². The van der Waals surface area contributed by atoms with E-state index in [1.54, 1.807) is 12.3 Å². The van der Waals surface area contributed by atoms with Gasteiger partial charge in [-0.1, -0.05) is 41.0 Å². The number of benzene rings is 1. The molecule has 6 nitrogen and oxygen atoms in total. The van der Waals surface area contributed by atoms with Crippen molar-refractivity contribution < 1.29 is 14.4 Å². The summed E-state index contributed by atoms with van der Waals surface area (Å²) in [6.45, 7) is 6.14. The van der Waals surface area contributed by atoms with Gasteiger partial charge in [0.2, 0.25) is 0 Å². The lowest BCUT2D eigenvalue weighted by atomic mass is 9.76. The molecule has 3 aromatic rings. The van der Waals surface area contributed by atoms with Crippen LogP contribution in [0.15, 0.2) is 47.6 Å². The normalized spacial score (nSPS) is 23.4. The molecule has 2 fully saturated rings. The van der Waals surface area contributed by atoms with Gasteiger partial charge in [0, 0.05) is 24.1 Å². The van der Waals surface area contributed by atoms with E-state index >= 15 is 0 Å². The molecule has 2 aliphatic carbocycles. The number of hydrogen-bond acceptors (Lipinski definition) is 5. The molecule has 5 rings (SSSR count). The zero-order valence-electron chi connectivity index (χ0n) is 16.8. The fraction of sp³-hybridized carbons (Fsp3) is 0.391. The minimum atomic E-state index is -0.796. The van der Waals surface area contributed by atoms with Crippen LogP contribution < -0.4 is 0 Å². The second-order valence-corrected chi connectivity index (χ2v) is 8.69. The first-order chi connectivity index (χ1) is 14.5. The Kier molecular flexibility index (Phi) is 4.81. The molecular formula is C23H24ClN3O3. The van der Waals surface area contributed by atoms with Crippen molar-refractivity contribution in [2.45, 2.75) is 57.0 Å². The largest absolute Gasteiger partial charge is 0.386 e. The molecule has 0 bridgehead atoms. The summed E-state index contributed by atoms with van der Waals surface area (Å²) in [5.74, 6) is 0.660. The summed E-state index contributed by atoms with van der Waals surface area (Å²) < 4.78 is 13.8. The third-order valence-corrected chi connectivity index (χ3v) is 6.43. The lowest BCUT2D eigenvalue weighted by Crippen LogP contribution is -2.43. The van der Waals surface area contributed by atoms with Gasteiger partial charge in [0.15, 0.2) is 5.76 Å². The summed E-state index contributed by atoms with van der Waals surface area (Å²) in [6, 6.07) is 7.74. The fourth-order valence-electron chi connectivity index (χ4n) is 4.07. The Morgan fingerprint density at radius 1 is 1.33 bits per heavy atom. The molecule has 1 aromatic carbocycles. The Hall–Kier alpha value is -2.41. The van der Waals surface area contributed by atoms with Crippen LogP contribution in [0.4, 0.5) is 0 Å². The van der Waals surface area contributed by atoms with Crippen molar-refractivity contribution in [3.63, 3.8) is 0 Å². The van der Waals surface area contributed by atoms with Crippen LogP contribution in [0, 0.1) is 6.92 Å². The highest BCUT2D eigenvalue weighted by Gasteiger charge is 2.42. The maximum absolute atomic E-state index is 10.3. The Morgan fingerprint density at radius 2 is 2.10 bits per heavy atom. The van der Waals surface area contributed by atoms with E-state index in [9.17, 15) is 5.11 Å². The van der Waals surface area contributed by atoms with Crippen molar-refractivity contribution in [1.29, 1.82) is 0 Å². The molecule has 2 aromatic heterocycles. The molecule has 0 atom stereocenters. The average Bonchev–Trinajstić information content (AvgIpc) is 3.35. The molecule has 0 radical (unpaired) electrons. The van der Waals surface area contributed by atoms with Crippen LogP contribution in [-0.2, 0) is 11.3 Å². The predicted octanol–water partition coefficient (Wildman–Crippen LogP) is 5.10. The van der Waals surface area contributed by atoms with Gasteiger partial charge < -0.3 is 14.4 Å². The predicted molar refractivity (Wildman–Crippen MR) is 114 cm³/mol. The summed E-state index contributed by atoms with van der Waals surface area (Å²) in [5.41, 5.74) is 3.46. The van der Waals surface area contributed by atoms with Crippen molar-refractivity contribution in [1.82, 2.24) is 14.9 Å². The fourth-order valence-corrected chi connectivity index (χ4v) is 4.29. The molecule has 156 valence electrons. The molecule has 0 spiro atoms. The van der Waals surface area contributed by atoms with Crippen LogP contribution in [0.1, 0.15) is 43.0 Å². The zero-order valence-corrected chi connectivity index (χ0v) is 17.6. The first-order valence-electron chi connectivity index (χ1n) is 10.2. The maximum Gasteiger partial charge on any atom is 0.176 e. The standard InChI is InChI=1S/C23H24ClN3O3/c1-3-23(28)10-15(11-23)27-14(2)18(12-25-27)22-19(13-29-16-8-9-16)21(26-30-22)17-6-4-5-7-20(17)24/h3-7,12,15-16,28H,1,8-11,13H2,2H3. The van der Waals surface area contributed by atoms with Crippen molar-refractivity contribution in [2.24, 2.45) is 0 Å². The third kappa shape index (κ3) is 3.39. The number of rotatable bonds is 7. The zero-order chi connectivity index (χ0) is 20.9. The Morgan fingerprint density at radius 3 is 2.80 bits per heavy atom. The minimum absolute atomic E-state index is 0.138. The van der Waals surface area contributed by atoms with E-state index < -0.39 is 5.60 Å². The topological polar surface area (TPSA) is 73.3 Å². The maximum atomic E-state index is 10.3. The van der Waals surface area contributed by atoms with E-state index in [0.29, 0.717) is 42.0 Å². The molecule has 0 unspecified atom stereocenters. The van der Waals surface area contributed by atoms with Crippen molar-refractivity contribution in [3.8, 4) is 22.6 Å². The number of aromatic nitrogens is 3. The van der Waals surface area contributed by atoms with Gasteiger partial charge in [-0.15, -0.1) is 6.58 Å². The highest BCUT2D eigenvalue weighted by molar-refractivity contribution is 6.33. The van der Waals surface area contributed by atoms with Crippen LogP contribution in [0.5, 0.6) is 0 Å². The monoisotopic (exact) mass is 425 g/mol. The molecule has 2 saturated carbocycles. The molecule has 0 aliphatic heterocycles. The second kappa shape index (κ2) is 7.38. The van der Waals surface area contributed by atoms with E-state index in [4.69, 9.17) is 20.9 Å². The van der Waals surface area contributed by atoms with Crippen LogP contribution >= 0.6 is 11.6 Å². The van der Waals surface area contributed by atoms with Crippen LogP contribution in [0.2, 0.25) is 5.02 Å². The summed E-state index contributed by atoms with van der Waals surface area (Å²) in [5, 5.41) is 19.8. The quantitative estimate of drug-likeness (QED) is 0.533. The summed E-state index contributed by atoms with van der Waals surface area (Å²) in [7, 11) is 0. The number of aliphatic hydroxyl groups is 1. The average molecular weight is 426 g/mol. The van der Waals surface area contributed by atoms with Gasteiger partial charge in [-0.25, -0.2) is 0 Å². The van der Waals surface area contributed by atoms with Crippen molar-refractivity contribution in [3.05, 3.63) is 59.4 Å². The van der Waals surface area contributed by atoms with Crippen LogP contribution in [0.3, 0.4) is 0 Å². The van der Waals surface area contributed by atoms with Crippen molar-refractivity contribution >= 4 is 11.6 Å². The molecule has 2 aliphatic rings. The summed E-state index contributed by atoms with van der Waals surface area (Å²) in [4.78, 5) is 0. The first-order valence-corrected chi connectivity index (χ1v) is 10.6. The Balaban J connectivity index is 1.51. The summed E-state index contributed by atoms with van der Waals surface area (Å²) in [6.07, 6.45) is 7.12. The van der Waals surface area contributed by atoms with E-state index in [0.717, 1.165) is 35.2 Å². The van der Waals surface area contributed by atoms with Gasteiger partial charge in [0.1, 0.15) is 5.69 Å². The smallest absolute Gasteiger partial charge is 0.176 e. The van der Waals surface area contributed by atoms with Gasteiger partial charge in [-0.05, 0) is 25.8 Å². The highest BCUT2D eigenvalue weighted by atomic mass is 35.5. The van der Waals surface area contributed by atoms with Gasteiger partial charge in [-0.3, -0.25) is 4.68 Å². The molecule has 2 heterocycles. The molecular weight excluding hydrogens is 402 g/mol.